The number of hydrogen-bond donors (Lipinski definition) is 0. The standard InChI is InChI=1S/C11H12Cl2O3S/c1-7(14)8(2)17(15,16)6-9-10(12)4-3-5-11(9)13/h3-5,8H,6H2,1-2H3. The molecule has 6 heteroatoms. The Balaban J connectivity index is 3.11. The summed E-state index contributed by atoms with van der Waals surface area (Å²) >= 11 is 11.8. The molecular formula is C11H12Cl2O3S. The summed E-state index contributed by atoms with van der Waals surface area (Å²) in [4.78, 5) is 11.1. The van der Waals surface area contributed by atoms with Crippen LogP contribution in [0.2, 0.25) is 10.0 Å². The normalized spacial score (nSPS) is 13.4. The molecule has 0 saturated heterocycles. The first-order valence-corrected chi connectivity index (χ1v) is 7.37. The monoisotopic (exact) mass is 294 g/mol. The highest BCUT2D eigenvalue weighted by Crippen LogP contribution is 2.27. The maximum Gasteiger partial charge on any atom is 0.164 e. The number of carbonyl (C=O) groups excluding carboxylic acids is 1. The Morgan fingerprint density at radius 1 is 1.29 bits per heavy atom. The summed E-state index contributed by atoms with van der Waals surface area (Å²) in [5.41, 5.74) is 0.337. The van der Waals surface area contributed by atoms with Crippen LogP contribution in [0.3, 0.4) is 0 Å². The lowest BCUT2D eigenvalue weighted by atomic mass is 10.2. The Kier molecular flexibility index (Phi) is 4.58. The Morgan fingerprint density at radius 2 is 1.76 bits per heavy atom. The van der Waals surface area contributed by atoms with Crippen LogP contribution in [0, 0.1) is 0 Å². The van der Waals surface area contributed by atoms with E-state index >= 15 is 0 Å². The van der Waals surface area contributed by atoms with E-state index in [4.69, 9.17) is 23.2 Å². The van der Waals surface area contributed by atoms with E-state index in [-0.39, 0.29) is 15.8 Å². The minimum absolute atomic E-state index is 0.289. The van der Waals surface area contributed by atoms with Crippen molar-refractivity contribution in [3.8, 4) is 0 Å². The van der Waals surface area contributed by atoms with Crippen molar-refractivity contribution in [2.75, 3.05) is 0 Å². The average Bonchev–Trinajstić information content (AvgIpc) is 2.22. The molecule has 0 aliphatic carbocycles. The van der Waals surface area contributed by atoms with Gasteiger partial charge in [-0.3, -0.25) is 4.79 Å². The highest BCUT2D eigenvalue weighted by Gasteiger charge is 2.26. The van der Waals surface area contributed by atoms with Gasteiger partial charge in [0.25, 0.3) is 0 Å². The molecule has 0 N–H and O–H groups in total. The maximum absolute atomic E-state index is 11.9. The molecule has 1 atom stereocenters. The van der Waals surface area contributed by atoms with Crippen LogP contribution in [0.4, 0.5) is 0 Å². The minimum atomic E-state index is -3.58. The summed E-state index contributed by atoms with van der Waals surface area (Å²) in [6.45, 7) is 2.61. The summed E-state index contributed by atoms with van der Waals surface area (Å²) in [5, 5.41) is -0.469. The van der Waals surface area contributed by atoms with Crippen molar-refractivity contribution in [3.63, 3.8) is 0 Å². The average molecular weight is 295 g/mol. The lowest BCUT2D eigenvalue weighted by Crippen LogP contribution is -2.26. The van der Waals surface area contributed by atoms with Crippen LogP contribution in [0.15, 0.2) is 18.2 Å². The third kappa shape index (κ3) is 3.44. The Morgan fingerprint density at radius 3 is 2.18 bits per heavy atom. The van der Waals surface area contributed by atoms with E-state index in [2.05, 4.69) is 0 Å². The molecule has 3 nitrogen and oxygen atoms in total. The first-order valence-electron chi connectivity index (χ1n) is 4.90. The molecule has 1 aromatic rings. The molecule has 94 valence electrons. The first kappa shape index (κ1) is 14.5. The second kappa shape index (κ2) is 5.38. The number of sulfone groups is 1. The Bertz CT molecular complexity index is 517. The zero-order valence-electron chi connectivity index (χ0n) is 9.41. The molecule has 0 amide bonds. The molecule has 1 rings (SSSR count). The van der Waals surface area contributed by atoms with Gasteiger partial charge in [0, 0.05) is 15.6 Å². The van der Waals surface area contributed by atoms with Gasteiger partial charge in [-0.1, -0.05) is 29.3 Å². The Hall–Kier alpha value is -0.580. The molecule has 0 radical (unpaired) electrons. The molecule has 0 aliphatic heterocycles. The molecule has 0 aromatic heterocycles. The first-order chi connectivity index (χ1) is 7.75. The third-order valence-corrected chi connectivity index (χ3v) is 5.33. The molecule has 0 fully saturated rings. The van der Waals surface area contributed by atoms with Gasteiger partial charge in [-0.25, -0.2) is 8.42 Å². The summed E-state index contributed by atoms with van der Waals surface area (Å²) in [6, 6.07) is 4.77. The van der Waals surface area contributed by atoms with Crippen LogP contribution in [-0.4, -0.2) is 19.5 Å². The predicted octanol–water partition coefficient (Wildman–Crippen LogP) is 2.89. The summed E-state index contributed by atoms with van der Waals surface area (Å²) in [7, 11) is -3.58. The van der Waals surface area contributed by atoms with Crippen LogP contribution < -0.4 is 0 Å². The van der Waals surface area contributed by atoms with Gasteiger partial charge in [-0.05, 0) is 26.0 Å². The van der Waals surface area contributed by atoms with Gasteiger partial charge in [0.15, 0.2) is 9.84 Å². The van der Waals surface area contributed by atoms with E-state index in [1.807, 2.05) is 0 Å². The number of halogens is 2. The van der Waals surface area contributed by atoms with Crippen LogP contribution in [-0.2, 0) is 20.4 Å². The molecule has 17 heavy (non-hydrogen) atoms. The van der Waals surface area contributed by atoms with Crippen LogP contribution in [0.1, 0.15) is 19.4 Å². The number of ketones is 1. The second-order valence-corrected chi connectivity index (χ2v) is 6.90. The second-order valence-electron chi connectivity index (χ2n) is 3.76. The molecule has 0 spiro atoms. The smallest absolute Gasteiger partial charge is 0.164 e. The van der Waals surface area contributed by atoms with Gasteiger partial charge >= 0.3 is 0 Å². The topological polar surface area (TPSA) is 51.2 Å². The van der Waals surface area contributed by atoms with Gasteiger partial charge < -0.3 is 0 Å². The number of rotatable bonds is 4. The molecule has 1 aromatic carbocycles. The van der Waals surface area contributed by atoms with Crippen LogP contribution in [0.5, 0.6) is 0 Å². The fourth-order valence-corrected chi connectivity index (χ4v) is 3.41. The van der Waals surface area contributed by atoms with Gasteiger partial charge in [0.05, 0.1) is 5.75 Å². The van der Waals surface area contributed by atoms with E-state index in [9.17, 15) is 13.2 Å². The summed E-state index contributed by atoms with van der Waals surface area (Å²) in [5.74, 6) is -0.722. The maximum atomic E-state index is 11.9. The fraction of sp³-hybridized carbons (Fsp3) is 0.364. The van der Waals surface area contributed by atoms with Crippen LogP contribution in [0.25, 0.3) is 0 Å². The van der Waals surface area contributed by atoms with E-state index in [1.54, 1.807) is 18.2 Å². The van der Waals surface area contributed by atoms with Gasteiger partial charge in [-0.15, -0.1) is 0 Å². The zero-order valence-corrected chi connectivity index (χ0v) is 11.7. The Labute approximate surface area is 111 Å². The lowest BCUT2D eigenvalue weighted by molar-refractivity contribution is -0.116. The van der Waals surface area contributed by atoms with Crippen molar-refractivity contribution in [2.24, 2.45) is 0 Å². The van der Waals surface area contributed by atoms with Crippen molar-refractivity contribution >= 4 is 38.8 Å². The fourth-order valence-electron chi connectivity index (χ4n) is 1.25. The molecule has 0 aliphatic rings. The number of Topliss-reactive ketones (excluding diaryl/α,β-unsaturated/α-hetero) is 1. The van der Waals surface area contributed by atoms with Gasteiger partial charge in [0.2, 0.25) is 0 Å². The lowest BCUT2D eigenvalue weighted by Gasteiger charge is -2.11. The van der Waals surface area contributed by atoms with Crippen molar-refractivity contribution < 1.29 is 13.2 Å². The van der Waals surface area contributed by atoms with E-state index in [0.717, 1.165) is 0 Å². The minimum Gasteiger partial charge on any atom is -0.299 e. The highest BCUT2D eigenvalue weighted by atomic mass is 35.5. The van der Waals surface area contributed by atoms with E-state index < -0.39 is 20.9 Å². The molecule has 0 saturated carbocycles. The molecule has 0 bridgehead atoms. The van der Waals surface area contributed by atoms with Crippen molar-refractivity contribution in [3.05, 3.63) is 33.8 Å². The zero-order chi connectivity index (χ0) is 13.2. The predicted molar refractivity (Wildman–Crippen MR) is 69.2 cm³/mol. The highest BCUT2D eigenvalue weighted by molar-refractivity contribution is 7.92. The number of benzene rings is 1. The third-order valence-electron chi connectivity index (χ3n) is 2.52. The van der Waals surface area contributed by atoms with E-state index in [1.165, 1.54) is 13.8 Å². The summed E-state index contributed by atoms with van der Waals surface area (Å²) < 4.78 is 23.8. The number of hydrogen-bond acceptors (Lipinski definition) is 3. The van der Waals surface area contributed by atoms with Gasteiger partial charge in [0.1, 0.15) is 11.0 Å². The van der Waals surface area contributed by atoms with Crippen LogP contribution >= 0.6 is 23.2 Å². The van der Waals surface area contributed by atoms with Crippen molar-refractivity contribution in [2.45, 2.75) is 24.9 Å². The van der Waals surface area contributed by atoms with Crippen molar-refractivity contribution in [1.82, 2.24) is 0 Å². The van der Waals surface area contributed by atoms with E-state index in [0.29, 0.717) is 5.56 Å². The van der Waals surface area contributed by atoms with Gasteiger partial charge in [-0.2, -0.15) is 0 Å². The summed E-state index contributed by atoms with van der Waals surface area (Å²) in [6.07, 6.45) is 0. The van der Waals surface area contributed by atoms with Crippen molar-refractivity contribution in [1.29, 1.82) is 0 Å². The largest absolute Gasteiger partial charge is 0.299 e. The quantitative estimate of drug-likeness (QED) is 0.858. The molecule has 0 heterocycles. The molecular weight excluding hydrogens is 283 g/mol. The molecule has 1 unspecified atom stereocenters. The SMILES string of the molecule is CC(=O)C(C)S(=O)(=O)Cc1c(Cl)cccc1Cl. The number of carbonyl (C=O) groups is 1.